The molecule has 0 unspecified atom stereocenters. The van der Waals surface area contributed by atoms with Crippen LogP contribution in [0.2, 0.25) is 10.3 Å². The Morgan fingerprint density at radius 1 is 0.424 bits per heavy atom. The molecule has 2 fully saturated rings. The molecule has 2 saturated heterocycles. The maximum Gasteiger partial charge on any atom is 0.271 e. The monoisotopic (exact) mass is 1970 g/mol. The lowest BCUT2D eigenvalue weighted by Crippen LogP contribution is -2.22. The second-order valence-corrected chi connectivity index (χ2v) is 30.5. The number of phenols is 1. The second kappa shape index (κ2) is 36.7. The number of nitrogen functional groups attached to an aromatic ring is 5. The standard InChI is InChI=1S/C24H21FN8O.C18H17IN8.C14H9ClIN7.C9H6BrClN2.C9H7BrN2O.C6H8N2/c25-15-9-14(10-16(34)11-15)21-20-22(26)27-13-28-24(20)33(31-21)12-19-23(32-7-3-4-8-32)30-18-6-2-1-5-17(18)29-19;19-15-14-16(20)21-10-22-18(14)27(25-15)9-13-17(26-7-3-4-8-26)24-12-6-2-1-5-11(12)23-13;15-11-9(20-7-3-1-2-4-8(7)21-11)5-23-14-10(12(16)22-23)13(17)18-6-19-14;10-5-8-9(11)13-7-4-2-1-3-6(7)12-8;10-5-8-9(13)12-7-4-2-1-3-6(7)11-8;7-5-3-1-2-4-6(5)8/h1-2,5-6,9-11,13,34H,3-4,7-8,12H2,(H2,26,27,28);1-2,5-6,10H,3-4,7-9H2,(H2,20,21,22);1-4,6H,5H2,(H2,17,18,19);1-4H,5H2;1-4H,5H2,(H,12,13);1-4H,7-8H2. The van der Waals surface area contributed by atoms with Crippen molar-refractivity contribution in [2.45, 2.75) is 56.0 Å². The Bertz CT molecular complexity index is 6780. The number of nitrogens with two attached hydrogens (primary N) is 5. The van der Waals surface area contributed by atoms with Gasteiger partial charge in [0, 0.05) is 43.1 Å². The molecule has 0 bridgehead atoms. The molecule has 20 rings (SSSR count). The first-order valence-electron chi connectivity index (χ1n) is 36.6. The van der Waals surface area contributed by atoms with Crippen molar-refractivity contribution >= 4 is 229 Å². The number of alkyl halides is 2. The van der Waals surface area contributed by atoms with Crippen molar-refractivity contribution in [2.24, 2.45) is 0 Å². The van der Waals surface area contributed by atoms with Crippen LogP contribution < -0.4 is 44.0 Å². The van der Waals surface area contributed by atoms with E-state index < -0.39 is 5.82 Å². The van der Waals surface area contributed by atoms with Gasteiger partial charge >= 0.3 is 0 Å². The molecule has 13 heterocycles. The van der Waals surface area contributed by atoms with Crippen LogP contribution in [0.1, 0.15) is 54.2 Å². The van der Waals surface area contributed by atoms with Crippen molar-refractivity contribution in [3.8, 4) is 17.0 Å². The van der Waals surface area contributed by atoms with Gasteiger partial charge in [-0.3, -0.25) is 4.79 Å². The Balaban J connectivity index is 0.000000117. The highest BCUT2D eigenvalue weighted by atomic mass is 127. The predicted molar refractivity (Wildman–Crippen MR) is 483 cm³/mol. The predicted octanol–water partition coefficient (Wildman–Crippen LogP) is 14.6. The van der Waals surface area contributed by atoms with Gasteiger partial charge in [0.05, 0.1) is 119 Å². The molecule has 0 atom stereocenters. The van der Waals surface area contributed by atoms with Gasteiger partial charge in [0.25, 0.3) is 5.56 Å². The Morgan fingerprint density at radius 3 is 1.22 bits per heavy atom. The first-order valence-corrected chi connectivity index (χ1v) is 41.7. The third-order valence-corrected chi connectivity index (χ3v) is 22.0. The molecule has 7 aromatic carbocycles. The van der Waals surface area contributed by atoms with Gasteiger partial charge in [-0.25, -0.2) is 93.2 Å². The van der Waals surface area contributed by atoms with Gasteiger partial charge in [-0.05, 0) is 156 Å². The summed E-state index contributed by atoms with van der Waals surface area (Å²) in [5, 5.41) is 27.7. The summed E-state index contributed by atoms with van der Waals surface area (Å²) in [7, 11) is 0. The van der Waals surface area contributed by atoms with Crippen LogP contribution in [0, 0.1) is 13.2 Å². The molecule has 2 aliphatic heterocycles. The molecule has 11 aromatic heterocycles. The summed E-state index contributed by atoms with van der Waals surface area (Å²) in [6.45, 7) is 4.98. The van der Waals surface area contributed by atoms with Crippen LogP contribution in [-0.4, -0.2) is 140 Å². The molecule has 18 aromatic rings. The lowest BCUT2D eigenvalue weighted by molar-refractivity contribution is 0.469. The van der Waals surface area contributed by atoms with Gasteiger partial charge in [-0.1, -0.05) is 128 Å². The minimum Gasteiger partial charge on any atom is -0.508 e. The minimum absolute atomic E-state index is 0.129. The fourth-order valence-corrected chi connectivity index (χ4v) is 16.1. The maximum atomic E-state index is 14.1. The van der Waals surface area contributed by atoms with E-state index in [1.807, 2.05) is 138 Å². The summed E-state index contributed by atoms with van der Waals surface area (Å²) >= 11 is 23.0. The van der Waals surface area contributed by atoms with Crippen LogP contribution in [-0.2, 0) is 30.3 Å². The summed E-state index contributed by atoms with van der Waals surface area (Å²) in [4.78, 5) is 85.3. The number of H-pyrrole nitrogens is 1. The topological polar surface area (TPSA) is 436 Å². The molecule has 594 valence electrons. The van der Waals surface area contributed by atoms with Crippen LogP contribution in [0.5, 0.6) is 5.75 Å². The molecule has 0 aliphatic carbocycles. The number of halogens is 7. The molecular formula is C80H68Br2Cl2FI2N29O2. The second-order valence-electron chi connectivity index (χ2n) is 26.7. The third kappa shape index (κ3) is 18.2. The third-order valence-electron chi connectivity index (χ3n) is 18.8. The lowest BCUT2D eigenvalue weighted by atomic mass is 10.1. The number of hydrogen-bond donors (Lipinski definition) is 7. The number of nitrogens with zero attached hydrogens (tertiary/aromatic N) is 23. The molecule has 0 amide bonds. The molecule has 38 heteroatoms. The Morgan fingerprint density at radius 2 is 0.780 bits per heavy atom. The van der Waals surface area contributed by atoms with E-state index in [4.69, 9.17) is 76.9 Å². The summed E-state index contributed by atoms with van der Waals surface area (Å²) < 4.78 is 20.8. The van der Waals surface area contributed by atoms with Gasteiger partial charge in [0.15, 0.2) is 38.9 Å². The summed E-state index contributed by atoms with van der Waals surface area (Å²) in [6.07, 6.45) is 8.83. The van der Waals surface area contributed by atoms with Gasteiger partial charge in [0.2, 0.25) is 0 Å². The van der Waals surface area contributed by atoms with Crippen LogP contribution in [0.25, 0.3) is 99.5 Å². The highest BCUT2D eigenvalue weighted by Gasteiger charge is 2.26. The number of para-hydroxylation sites is 12. The summed E-state index contributed by atoms with van der Waals surface area (Å²) in [5.74, 6) is 2.05. The normalized spacial score (nSPS) is 12.5. The first-order chi connectivity index (χ1) is 57.3. The number of aromatic hydroxyl groups is 1. The van der Waals surface area contributed by atoms with Gasteiger partial charge < -0.3 is 48.6 Å². The number of fused-ring (bicyclic) bond motifs is 8. The largest absolute Gasteiger partial charge is 0.508 e. The van der Waals surface area contributed by atoms with E-state index in [0.29, 0.717) is 102 Å². The van der Waals surface area contributed by atoms with E-state index in [2.05, 4.69) is 157 Å². The number of rotatable bonds is 11. The Hall–Kier alpha value is -12.0. The molecule has 0 saturated carbocycles. The average Bonchev–Trinajstić information content (AvgIpc) is 1.61. The van der Waals surface area contributed by atoms with Gasteiger partial charge in [0.1, 0.15) is 78.2 Å². The summed E-state index contributed by atoms with van der Waals surface area (Å²) in [6, 6.07) is 49.5. The van der Waals surface area contributed by atoms with E-state index in [1.54, 1.807) is 21.5 Å². The molecular weight excluding hydrogens is 1900 g/mol. The van der Waals surface area contributed by atoms with Crippen LogP contribution in [0.4, 0.5) is 44.9 Å². The van der Waals surface area contributed by atoms with Crippen molar-refractivity contribution in [3.05, 3.63) is 245 Å². The Labute approximate surface area is 724 Å². The molecule has 0 spiro atoms. The molecule has 0 radical (unpaired) electrons. The number of nitrogens with one attached hydrogen (secondary N) is 1. The Kier molecular flexibility index (Phi) is 25.2. The number of anilines is 7. The van der Waals surface area contributed by atoms with Crippen molar-refractivity contribution in [1.29, 1.82) is 0 Å². The fraction of sp³-hybridized carbons (Fsp3) is 0.163. The van der Waals surface area contributed by atoms with Crippen molar-refractivity contribution < 1.29 is 9.50 Å². The van der Waals surface area contributed by atoms with Crippen molar-refractivity contribution in [3.63, 3.8) is 0 Å². The maximum absolute atomic E-state index is 14.1. The zero-order chi connectivity index (χ0) is 82.1. The SMILES string of the molecule is Clc1nc2ccccc2nc1CBr.Nc1ccccc1N.Nc1ncnc2c1c(-c1cc(O)cc(F)c1)nn2Cc1nc2ccccc2nc1N1CCCC1.Nc1ncnc2c1c(I)nn2Cc1nc2ccccc2nc1Cl.Nc1ncnc2c1c(I)nn2Cc1nc2ccccc2nc1N1CCCC1.O=c1[nH]c2ccccc2nc1CBr. The first kappa shape index (κ1) is 81.2. The summed E-state index contributed by atoms with van der Waals surface area (Å²) in [5.41, 5.74) is 44.5. The number of hydrogen-bond acceptors (Lipinski definition) is 27. The molecule has 12 N–H and O–H groups in total. The van der Waals surface area contributed by atoms with E-state index in [0.717, 1.165) is 147 Å². The van der Waals surface area contributed by atoms with Crippen molar-refractivity contribution in [1.82, 2.24) is 109 Å². The van der Waals surface area contributed by atoms with Gasteiger partial charge in [-0.15, -0.1) is 0 Å². The lowest BCUT2D eigenvalue weighted by Gasteiger charge is -2.20. The minimum atomic E-state index is -0.579. The quantitative estimate of drug-likeness (QED) is 0.0359. The van der Waals surface area contributed by atoms with E-state index in [-0.39, 0.29) is 23.7 Å². The van der Waals surface area contributed by atoms with E-state index in [9.17, 15) is 14.3 Å². The van der Waals surface area contributed by atoms with E-state index >= 15 is 0 Å². The van der Waals surface area contributed by atoms with Crippen molar-refractivity contribution in [2.75, 3.05) is 64.6 Å². The number of aromatic amines is 1. The molecule has 31 nitrogen and oxygen atoms in total. The highest BCUT2D eigenvalue weighted by molar-refractivity contribution is 14.1. The van der Waals surface area contributed by atoms with Crippen LogP contribution in [0.3, 0.4) is 0 Å². The number of phenolic OH excluding ortho intramolecular Hbond substituents is 1. The van der Waals surface area contributed by atoms with E-state index in [1.165, 1.54) is 44.0 Å². The van der Waals surface area contributed by atoms with Crippen LogP contribution >= 0.6 is 100 Å². The van der Waals surface area contributed by atoms with Gasteiger partial charge in [-0.2, -0.15) is 15.3 Å². The van der Waals surface area contributed by atoms with Crippen LogP contribution in [0.15, 0.2) is 188 Å². The number of aromatic nitrogens is 22. The smallest absolute Gasteiger partial charge is 0.271 e. The molecule has 118 heavy (non-hydrogen) atoms. The molecule has 2 aliphatic rings. The fourth-order valence-electron chi connectivity index (χ4n) is 13.2. The number of benzene rings is 7. The highest BCUT2D eigenvalue weighted by Crippen LogP contribution is 2.36. The average molecular weight is 1970 g/mol. The zero-order valence-electron chi connectivity index (χ0n) is 62.2. The zero-order valence-corrected chi connectivity index (χ0v) is 71.2.